The van der Waals surface area contributed by atoms with Gasteiger partial charge in [0.25, 0.3) is 5.91 Å². The van der Waals surface area contributed by atoms with E-state index in [4.69, 9.17) is 15.7 Å². The van der Waals surface area contributed by atoms with Crippen LogP contribution in [0.1, 0.15) is 27.9 Å². The number of hydrogen-bond donors (Lipinski definition) is 4. The Labute approximate surface area is 196 Å². The first-order valence-corrected chi connectivity index (χ1v) is 11.0. The minimum atomic E-state index is -1.52. The molecule has 0 saturated heterocycles. The Morgan fingerprint density at radius 3 is 2.88 bits per heavy atom. The zero-order chi connectivity index (χ0) is 23.8. The second-order valence-corrected chi connectivity index (χ2v) is 8.32. The fraction of sp³-hybridized carbons (Fsp3) is 0.217. The number of pyridine rings is 1. The smallest absolute Gasteiger partial charge is 0.423 e. The highest BCUT2D eigenvalue weighted by Crippen LogP contribution is 2.32. The molecule has 0 saturated carbocycles. The molecular weight excluding hydrogens is 433 g/mol. The summed E-state index contributed by atoms with van der Waals surface area (Å²) in [5.74, 6) is 1.94. The molecular formula is C23H24BN7O3. The van der Waals surface area contributed by atoms with Gasteiger partial charge in [-0.3, -0.25) is 9.20 Å². The molecule has 1 amide bonds. The molecule has 0 bridgehead atoms. The number of amides is 1. The summed E-state index contributed by atoms with van der Waals surface area (Å²) in [6.07, 6.45) is 5.23. The minimum absolute atomic E-state index is 0.376. The SMILES string of the molecule is CN1CCCc2c(NCc3cccc(B(O)O)c3)nc(-c3ncc4c(C(N)=O)cccn34)nc21. The Morgan fingerprint density at radius 1 is 1.24 bits per heavy atom. The van der Waals surface area contributed by atoms with Gasteiger partial charge in [-0.2, -0.15) is 0 Å². The van der Waals surface area contributed by atoms with Crippen LogP contribution in [0.25, 0.3) is 17.2 Å². The maximum absolute atomic E-state index is 11.8. The van der Waals surface area contributed by atoms with Crippen molar-refractivity contribution in [2.45, 2.75) is 19.4 Å². The van der Waals surface area contributed by atoms with E-state index in [0.717, 1.165) is 36.3 Å². The number of fused-ring (bicyclic) bond motifs is 2. The van der Waals surface area contributed by atoms with Crippen LogP contribution in [0.2, 0.25) is 0 Å². The van der Waals surface area contributed by atoms with Crippen molar-refractivity contribution < 1.29 is 14.8 Å². The molecule has 34 heavy (non-hydrogen) atoms. The third-order valence-electron chi connectivity index (χ3n) is 6.01. The monoisotopic (exact) mass is 457 g/mol. The van der Waals surface area contributed by atoms with E-state index in [2.05, 4.69) is 15.2 Å². The van der Waals surface area contributed by atoms with Crippen LogP contribution >= 0.6 is 0 Å². The van der Waals surface area contributed by atoms with Crippen LogP contribution in [0, 0.1) is 0 Å². The summed E-state index contributed by atoms with van der Waals surface area (Å²) in [6.45, 7) is 1.33. The van der Waals surface area contributed by atoms with E-state index < -0.39 is 13.0 Å². The number of carbonyl (C=O) groups excluding carboxylic acids is 1. The maximum Gasteiger partial charge on any atom is 0.488 e. The molecule has 0 spiro atoms. The average molecular weight is 457 g/mol. The van der Waals surface area contributed by atoms with Crippen LogP contribution in [0.15, 0.2) is 48.8 Å². The first-order valence-electron chi connectivity index (χ1n) is 11.0. The van der Waals surface area contributed by atoms with E-state index in [9.17, 15) is 14.8 Å². The van der Waals surface area contributed by atoms with Crippen LogP contribution in [0.4, 0.5) is 11.6 Å². The summed E-state index contributed by atoms with van der Waals surface area (Å²) in [7, 11) is 0.477. The molecule has 1 aromatic carbocycles. The number of imidazole rings is 1. The minimum Gasteiger partial charge on any atom is -0.423 e. The molecule has 5 N–H and O–H groups in total. The maximum atomic E-state index is 11.8. The van der Waals surface area contributed by atoms with Crippen molar-refractivity contribution in [3.63, 3.8) is 0 Å². The van der Waals surface area contributed by atoms with E-state index in [1.165, 1.54) is 0 Å². The molecule has 1 aliphatic rings. The first kappa shape index (κ1) is 21.9. The number of nitrogens with zero attached hydrogens (tertiary/aromatic N) is 5. The molecule has 0 aliphatic carbocycles. The largest absolute Gasteiger partial charge is 0.488 e. The zero-order valence-corrected chi connectivity index (χ0v) is 18.6. The predicted octanol–water partition coefficient (Wildman–Crippen LogP) is 0.564. The quantitative estimate of drug-likeness (QED) is 0.308. The summed E-state index contributed by atoms with van der Waals surface area (Å²) in [5.41, 5.74) is 8.83. The van der Waals surface area contributed by atoms with Crippen molar-refractivity contribution in [3.8, 4) is 11.6 Å². The van der Waals surface area contributed by atoms with E-state index in [1.54, 1.807) is 47.1 Å². The summed E-state index contributed by atoms with van der Waals surface area (Å²) in [5, 5.41) is 22.4. The fourth-order valence-corrected chi connectivity index (χ4v) is 4.31. The number of nitrogens with two attached hydrogens (primary N) is 1. The second kappa shape index (κ2) is 8.77. The highest BCUT2D eigenvalue weighted by molar-refractivity contribution is 6.58. The molecule has 4 heterocycles. The van der Waals surface area contributed by atoms with Gasteiger partial charge in [0.05, 0.1) is 17.3 Å². The lowest BCUT2D eigenvalue weighted by atomic mass is 9.79. The summed E-state index contributed by atoms with van der Waals surface area (Å²) >= 11 is 0. The number of hydrogen-bond acceptors (Lipinski definition) is 8. The Morgan fingerprint density at radius 2 is 2.09 bits per heavy atom. The van der Waals surface area contributed by atoms with E-state index in [-0.39, 0.29) is 0 Å². The Hall–Kier alpha value is -3.96. The molecule has 0 radical (unpaired) electrons. The Bertz CT molecular complexity index is 1390. The van der Waals surface area contributed by atoms with E-state index >= 15 is 0 Å². The number of rotatable bonds is 6. The van der Waals surface area contributed by atoms with E-state index in [1.807, 2.05) is 13.1 Å². The molecule has 5 rings (SSSR count). The molecule has 1 aliphatic heterocycles. The van der Waals surface area contributed by atoms with Crippen LogP contribution < -0.4 is 21.4 Å². The second-order valence-electron chi connectivity index (χ2n) is 8.32. The van der Waals surface area contributed by atoms with Gasteiger partial charge in [0.1, 0.15) is 11.6 Å². The molecule has 4 aromatic rings. The lowest BCUT2D eigenvalue weighted by molar-refractivity contribution is 0.100. The molecule has 172 valence electrons. The predicted molar refractivity (Wildman–Crippen MR) is 130 cm³/mol. The number of primary amides is 1. The molecule has 10 nitrogen and oxygen atoms in total. The van der Waals surface area contributed by atoms with Crippen molar-refractivity contribution in [2.24, 2.45) is 5.73 Å². The van der Waals surface area contributed by atoms with Crippen LogP contribution in [0.3, 0.4) is 0 Å². The number of aromatic nitrogens is 4. The molecule has 3 aromatic heterocycles. The first-order chi connectivity index (χ1) is 16.4. The highest BCUT2D eigenvalue weighted by atomic mass is 16.4. The fourth-order valence-electron chi connectivity index (χ4n) is 4.31. The summed E-state index contributed by atoms with van der Waals surface area (Å²) in [4.78, 5) is 28.1. The molecule has 0 unspecified atom stereocenters. The van der Waals surface area contributed by atoms with Crippen LogP contribution in [0.5, 0.6) is 0 Å². The molecule has 0 atom stereocenters. The third-order valence-corrected chi connectivity index (χ3v) is 6.01. The standard InChI is InChI=1S/C23H24BN7O3/c1-30-9-3-8-17-20(26-12-14-5-2-6-15(11-14)24(33)34)28-21(29-22(17)30)23-27-13-18-16(19(25)32)7-4-10-31(18)23/h2,4-7,10-11,13,33-34H,3,8-9,12H2,1H3,(H2,25,32)(H,26,28,29). The van der Waals surface area contributed by atoms with Crippen molar-refractivity contribution >= 4 is 35.6 Å². The average Bonchev–Trinajstić information content (AvgIpc) is 3.27. The zero-order valence-electron chi connectivity index (χ0n) is 18.6. The van der Waals surface area contributed by atoms with Gasteiger partial charge in [-0.1, -0.05) is 24.3 Å². The normalized spacial score (nSPS) is 13.1. The van der Waals surface area contributed by atoms with Crippen molar-refractivity contribution in [2.75, 3.05) is 23.8 Å². The number of anilines is 2. The van der Waals surface area contributed by atoms with Crippen molar-refractivity contribution in [3.05, 3.63) is 65.5 Å². The van der Waals surface area contributed by atoms with Gasteiger partial charge in [0.2, 0.25) is 0 Å². The van der Waals surface area contributed by atoms with Gasteiger partial charge in [-0.25, -0.2) is 15.0 Å². The van der Waals surface area contributed by atoms with Gasteiger partial charge >= 0.3 is 7.12 Å². The van der Waals surface area contributed by atoms with Crippen LogP contribution in [-0.4, -0.2) is 56.0 Å². The van der Waals surface area contributed by atoms with Gasteiger partial charge in [-0.15, -0.1) is 0 Å². The summed E-state index contributed by atoms with van der Waals surface area (Å²) in [6, 6.07) is 10.5. The molecule has 0 fully saturated rings. The molecule has 11 heteroatoms. The van der Waals surface area contributed by atoms with Gasteiger partial charge in [0, 0.05) is 31.9 Å². The topological polar surface area (TPSA) is 142 Å². The lowest BCUT2D eigenvalue weighted by Crippen LogP contribution is -2.30. The Kier molecular flexibility index (Phi) is 5.64. The van der Waals surface area contributed by atoms with Gasteiger partial charge in [0.15, 0.2) is 11.6 Å². The third kappa shape index (κ3) is 3.95. The summed E-state index contributed by atoms with van der Waals surface area (Å²) < 4.78 is 1.76. The Balaban J connectivity index is 1.57. The number of benzene rings is 1. The van der Waals surface area contributed by atoms with E-state index in [0.29, 0.717) is 40.6 Å². The van der Waals surface area contributed by atoms with Crippen molar-refractivity contribution in [1.29, 1.82) is 0 Å². The van der Waals surface area contributed by atoms with Gasteiger partial charge in [-0.05, 0) is 36.0 Å². The van der Waals surface area contributed by atoms with Crippen molar-refractivity contribution in [1.82, 2.24) is 19.4 Å². The lowest BCUT2D eigenvalue weighted by Gasteiger charge is -2.28. The van der Waals surface area contributed by atoms with Crippen LogP contribution in [-0.2, 0) is 13.0 Å². The highest BCUT2D eigenvalue weighted by Gasteiger charge is 2.24. The van der Waals surface area contributed by atoms with Gasteiger partial charge < -0.3 is 26.0 Å². The number of carbonyl (C=O) groups is 1. The number of nitrogens with one attached hydrogen (secondary N) is 1.